The maximum atomic E-state index is 13.2. The topological polar surface area (TPSA) is 51.5 Å². The molecule has 2 heterocycles. The number of rotatable bonds is 5. The van der Waals surface area contributed by atoms with Crippen molar-refractivity contribution >= 4 is 16.9 Å². The summed E-state index contributed by atoms with van der Waals surface area (Å²) in [6, 6.07) is 16.1. The van der Waals surface area contributed by atoms with Crippen LogP contribution >= 0.6 is 0 Å². The molecule has 140 valence electrons. The molecule has 0 aliphatic carbocycles. The number of hydrogen-bond acceptors (Lipinski definition) is 3. The van der Waals surface area contributed by atoms with Crippen LogP contribution in [0, 0.1) is 11.2 Å². The number of para-hydroxylation sites is 1. The van der Waals surface area contributed by atoms with Crippen LogP contribution in [0.15, 0.2) is 59.0 Å². The zero-order valence-electron chi connectivity index (χ0n) is 15.0. The van der Waals surface area contributed by atoms with Crippen molar-refractivity contribution in [1.29, 1.82) is 0 Å². The number of carbonyl (C=O) groups is 1. The number of nitrogens with one attached hydrogen (secondary N) is 1. The van der Waals surface area contributed by atoms with Crippen molar-refractivity contribution in [3.63, 3.8) is 0 Å². The van der Waals surface area contributed by atoms with Crippen LogP contribution in [0.2, 0.25) is 0 Å². The Morgan fingerprint density at radius 2 is 1.81 bits per heavy atom. The fourth-order valence-electron chi connectivity index (χ4n) is 3.72. The highest BCUT2D eigenvalue weighted by molar-refractivity contribution is 5.83. The quantitative estimate of drug-likeness (QED) is 0.734. The maximum Gasteiger partial charge on any atom is 0.227 e. The van der Waals surface area contributed by atoms with E-state index in [1.54, 1.807) is 12.1 Å². The van der Waals surface area contributed by atoms with Gasteiger partial charge in [-0.25, -0.2) is 4.39 Å². The summed E-state index contributed by atoms with van der Waals surface area (Å²) in [4.78, 5) is 13.1. The minimum Gasteiger partial charge on any atom is -0.459 e. The molecule has 27 heavy (non-hydrogen) atoms. The molecule has 5 heteroatoms. The molecule has 1 aromatic heterocycles. The summed E-state index contributed by atoms with van der Waals surface area (Å²) in [6.07, 6.45) is 1.87. The van der Waals surface area contributed by atoms with Gasteiger partial charge in [0.15, 0.2) is 0 Å². The molecule has 1 aliphatic heterocycles. The Kier molecular flexibility index (Phi) is 4.94. The van der Waals surface area contributed by atoms with Gasteiger partial charge in [0, 0.05) is 18.6 Å². The Bertz CT molecular complexity index is 893. The van der Waals surface area contributed by atoms with Gasteiger partial charge in [0.2, 0.25) is 5.91 Å². The van der Waals surface area contributed by atoms with Gasteiger partial charge in [-0.1, -0.05) is 30.3 Å². The van der Waals surface area contributed by atoms with Gasteiger partial charge in [0.05, 0.1) is 12.0 Å². The zero-order valence-corrected chi connectivity index (χ0v) is 15.0. The van der Waals surface area contributed by atoms with E-state index in [4.69, 9.17) is 9.15 Å². The van der Waals surface area contributed by atoms with Crippen molar-refractivity contribution in [2.24, 2.45) is 5.41 Å². The molecule has 4 rings (SSSR count). The van der Waals surface area contributed by atoms with E-state index in [9.17, 15) is 9.18 Å². The van der Waals surface area contributed by atoms with Crippen LogP contribution in [0.1, 0.15) is 24.2 Å². The Morgan fingerprint density at radius 3 is 2.56 bits per heavy atom. The molecule has 0 bridgehead atoms. The second-order valence-corrected chi connectivity index (χ2v) is 7.13. The fraction of sp³-hybridized carbons (Fsp3) is 0.318. The third-order valence-corrected chi connectivity index (χ3v) is 5.29. The smallest absolute Gasteiger partial charge is 0.227 e. The second kappa shape index (κ2) is 7.53. The van der Waals surface area contributed by atoms with Gasteiger partial charge in [0.1, 0.15) is 17.2 Å². The molecular formula is C22H22FNO3. The molecule has 0 atom stereocenters. The van der Waals surface area contributed by atoms with Crippen molar-refractivity contribution in [2.75, 3.05) is 13.2 Å². The molecule has 4 nitrogen and oxygen atoms in total. The molecule has 3 aromatic rings. The molecule has 1 N–H and O–H groups in total. The van der Waals surface area contributed by atoms with Gasteiger partial charge in [-0.05, 0) is 49.1 Å². The predicted molar refractivity (Wildman–Crippen MR) is 101 cm³/mol. The first-order valence-corrected chi connectivity index (χ1v) is 9.23. The lowest BCUT2D eigenvalue weighted by atomic mass is 9.74. The van der Waals surface area contributed by atoms with Gasteiger partial charge in [-0.3, -0.25) is 4.79 Å². The number of amides is 1. The van der Waals surface area contributed by atoms with E-state index in [0.29, 0.717) is 39.0 Å². The van der Waals surface area contributed by atoms with Gasteiger partial charge in [-0.2, -0.15) is 0 Å². The average molecular weight is 367 g/mol. The lowest BCUT2D eigenvalue weighted by Crippen LogP contribution is -2.45. The summed E-state index contributed by atoms with van der Waals surface area (Å²) in [6.45, 7) is 1.46. The predicted octanol–water partition coefficient (Wildman–Crippen LogP) is 4.23. The van der Waals surface area contributed by atoms with E-state index in [0.717, 1.165) is 22.3 Å². The monoisotopic (exact) mass is 367 g/mol. The molecule has 2 aromatic carbocycles. The summed E-state index contributed by atoms with van der Waals surface area (Å²) in [5.41, 5.74) is 1.23. The second-order valence-electron chi connectivity index (χ2n) is 7.13. The van der Waals surface area contributed by atoms with E-state index in [-0.39, 0.29) is 11.7 Å². The number of benzene rings is 2. The van der Waals surface area contributed by atoms with E-state index in [1.807, 2.05) is 30.3 Å². The van der Waals surface area contributed by atoms with Gasteiger partial charge in [0.25, 0.3) is 0 Å². The van der Waals surface area contributed by atoms with Crippen molar-refractivity contribution in [1.82, 2.24) is 5.32 Å². The van der Waals surface area contributed by atoms with Gasteiger partial charge in [-0.15, -0.1) is 0 Å². The van der Waals surface area contributed by atoms with Crippen LogP contribution < -0.4 is 5.32 Å². The van der Waals surface area contributed by atoms with Crippen molar-refractivity contribution in [2.45, 2.75) is 25.8 Å². The number of furan rings is 1. The molecule has 0 radical (unpaired) electrons. The summed E-state index contributed by atoms with van der Waals surface area (Å²) in [5.74, 6) is 0.457. The van der Waals surface area contributed by atoms with Crippen LogP contribution in [0.5, 0.6) is 0 Å². The van der Waals surface area contributed by atoms with Crippen LogP contribution in [0.25, 0.3) is 11.0 Å². The summed E-state index contributed by atoms with van der Waals surface area (Å²) < 4.78 is 24.5. The molecule has 1 amide bonds. The van der Waals surface area contributed by atoms with Crippen LogP contribution in [-0.4, -0.2) is 19.1 Å². The minimum absolute atomic E-state index is 0.00409. The molecule has 1 saturated heterocycles. The average Bonchev–Trinajstić information content (AvgIpc) is 3.11. The molecule has 1 aliphatic rings. The van der Waals surface area contributed by atoms with Crippen LogP contribution in [-0.2, 0) is 22.5 Å². The Balaban J connectivity index is 1.49. The summed E-state index contributed by atoms with van der Waals surface area (Å²) >= 11 is 0. The first kappa shape index (κ1) is 17.7. The fourth-order valence-corrected chi connectivity index (χ4v) is 3.72. The summed E-state index contributed by atoms with van der Waals surface area (Å²) in [5, 5.41) is 4.06. The lowest BCUT2D eigenvalue weighted by molar-refractivity contribution is -0.137. The van der Waals surface area contributed by atoms with Crippen molar-refractivity contribution in [3.8, 4) is 0 Å². The first-order valence-electron chi connectivity index (χ1n) is 9.23. The Morgan fingerprint density at radius 1 is 1.07 bits per heavy atom. The third-order valence-electron chi connectivity index (χ3n) is 5.29. The van der Waals surface area contributed by atoms with E-state index in [2.05, 4.69) is 5.32 Å². The Labute approximate surface area is 157 Å². The largest absolute Gasteiger partial charge is 0.459 e. The van der Waals surface area contributed by atoms with E-state index >= 15 is 0 Å². The number of ether oxygens (including phenoxy) is 1. The van der Waals surface area contributed by atoms with Crippen molar-refractivity contribution in [3.05, 3.63) is 71.7 Å². The highest BCUT2D eigenvalue weighted by Gasteiger charge is 2.40. The summed E-state index contributed by atoms with van der Waals surface area (Å²) in [7, 11) is 0. The molecule has 0 unspecified atom stereocenters. The maximum absolute atomic E-state index is 13.2. The first-order chi connectivity index (χ1) is 13.1. The lowest BCUT2D eigenvalue weighted by Gasteiger charge is -2.36. The standard InChI is InChI=1S/C22H22FNO3/c23-18-7-5-16(6-8-18)14-22(9-11-26-12-10-22)21(25)24-15-19-13-17-3-1-2-4-20(17)27-19/h1-8,13H,9-12,14-15H2,(H,24,25). The van der Waals surface area contributed by atoms with Gasteiger partial charge < -0.3 is 14.5 Å². The van der Waals surface area contributed by atoms with Gasteiger partial charge >= 0.3 is 0 Å². The van der Waals surface area contributed by atoms with Crippen LogP contribution in [0.3, 0.4) is 0 Å². The highest BCUT2D eigenvalue weighted by atomic mass is 19.1. The van der Waals surface area contributed by atoms with E-state index < -0.39 is 5.41 Å². The molecule has 0 saturated carbocycles. The van der Waals surface area contributed by atoms with E-state index in [1.165, 1.54) is 12.1 Å². The molecule has 0 spiro atoms. The van der Waals surface area contributed by atoms with Crippen LogP contribution in [0.4, 0.5) is 4.39 Å². The molecular weight excluding hydrogens is 345 g/mol. The van der Waals surface area contributed by atoms with Crippen molar-refractivity contribution < 1.29 is 18.3 Å². The number of hydrogen-bond donors (Lipinski definition) is 1. The third kappa shape index (κ3) is 3.88. The SMILES string of the molecule is O=C(NCc1cc2ccccc2o1)C1(Cc2ccc(F)cc2)CCOCC1. The zero-order chi connectivity index (χ0) is 18.7. The molecule has 1 fully saturated rings. The number of fused-ring (bicyclic) bond motifs is 1. The number of halogens is 1. The minimum atomic E-state index is -0.540. The number of carbonyl (C=O) groups excluding carboxylic acids is 1. The normalized spacial score (nSPS) is 16.3. The highest BCUT2D eigenvalue weighted by Crippen LogP contribution is 2.35. The Hall–Kier alpha value is -2.66.